The number of unbranched alkanes of at least 4 members (excludes halogenated alkanes) is 3. The maximum atomic E-state index is 13.2. The summed E-state index contributed by atoms with van der Waals surface area (Å²) >= 11 is 0. The first-order valence-electron chi connectivity index (χ1n) is 8.83. The van der Waals surface area contributed by atoms with Crippen LogP contribution in [-0.2, 0) is 14.3 Å². The molecule has 0 radical (unpaired) electrons. The van der Waals surface area contributed by atoms with E-state index in [0.717, 1.165) is 32.3 Å². The Hall–Kier alpha value is -2.54. The highest BCUT2D eigenvalue weighted by Gasteiger charge is 2.07. The summed E-state index contributed by atoms with van der Waals surface area (Å²) in [6, 6.07) is 4.86. The minimum atomic E-state index is -0.336. The molecule has 0 bridgehead atoms. The number of aryl methyl sites for hydroxylation is 2. The Morgan fingerprint density at radius 1 is 1.22 bits per heavy atom. The first-order valence-corrected chi connectivity index (χ1v) is 8.83. The number of methoxy groups -OCH3 is 1. The summed E-state index contributed by atoms with van der Waals surface area (Å²) in [5.41, 5.74) is 1.24. The topological polar surface area (TPSA) is 74.5 Å². The Balaban J connectivity index is 0.000000271. The molecule has 0 unspecified atom stereocenters. The average molecular weight is 378 g/mol. The highest BCUT2D eigenvalue weighted by atomic mass is 19.1. The number of rotatable bonds is 9. The maximum absolute atomic E-state index is 13.2. The van der Waals surface area contributed by atoms with Crippen molar-refractivity contribution in [1.29, 1.82) is 0 Å². The van der Waals surface area contributed by atoms with Gasteiger partial charge in [0, 0.05) is 32.3 Å². The number of carbonyl (C=O) groups is 1. The van der Waals surface area contributed by atoms with Crippen LogP contribution in [0, 0.1) is 19.7 Å². The van der Waals surface area contributed by atoms with E-state index in [1.807, 2.05) is 0 Å². The number of halogens is 1. The van der Waals surface area contributed by atoms with Crippen molar-refractivity contribution in [1.82, 2.24) is 10.1 Å². The standard InChI is InChI=1S/C10H9FN2O.C10H18O3/c1-6-3-4-8(5-9(6)11)10-12-7(2)14-13-10;1-3-10(11)13-9-7-5-4-6-8-12-2/h3-5H,1-2H3;3H,1,4-9H2,2H3. The Morgan fingerprint density at radius 3 is 2.48 bits per heavy atom. The van der Waals surface area contributed by atoms with Crippen LogP contribution in [0.1, 0.15) is 37.1 Å². The third kappa shape index (κ3) is 9.10. The van der Waals surface area contributed by atoms with Crippen LogP contribution in [0.25, 0.3) is 11.4 Å². The predicted octanol–water partition coefficient (Wildman–Crippen LogP) is 4.41. The molecule has 1 aromatic carbocycles. The number of hydrogen-bond acceptors (Lipinski definition) is 6. The molecule has 0 aliphatic heterocycles. The molecule has 0 saturated heterocycles. The van der Waals surface area contributed by atoms with E-state index in [2.05, 4.69) is 16.7 Å². The third-order valence-corrected chi connectivity index (χ3v) is 3.61. The van der Waals surface area contributed by atoms with Crippen molar-refractivity contribution in [2.24, 2.45) is 0 Å². The summed E-state index contributed by atoms with van der Waals surface area (Å²) in [5, 5.41) is 3.70. The van der Waals surface area contributed by atoms with Gasteiger partial charge in [-0.05, 0) is 37.8 Å². The van der Waals surface area contributed by atoms with Crippen LogP contribution < -0.4 is 0 Å². The van der Waals surface area contributed by atoms with Crippen molar-refractivity contribution in [2.45, 2.75) is 39.5 Å². The van der Waals surface area contributed by atoms with E-state index in [9.17, 15) is 9.18 Å². The molecule has 2 rings (SSSR count). The molecule has 0 amide bonds. The molecule has 0 atom stereocenters. The zero-order chi connectivity index (χ0) is 20.1. The van der Waals surface area contributed by atoms with E-state index in [-0.39, 0.29) is 11.8 Å². The van der Waals surface area contributed by atoms with E-state index in [1.54, 1.807) is 33.1 Å². The van der Waals surface area contributed by atoms with E-state index in [0.29, 0.717) is 29.4 Å². The summed E-state index contributed by atoms with van der Waals surface area (Å²) < 4.78 is 27.7. The molecular formula is C20H27FN2O4. The molecule has 0 spiro atoms. The monoisotopic (exact) mass is 378 g/mol. The second-order valence-corrected chi connectivity index (χ2v) is 5.88. The second-order valence-electron chi connectivity index (χ2n) is 5.88. The number of carbonyl (C=O) groups excluding carboxylic acids is 1. The van der Waals surface area contributed by atoms with Gasteiger partial charge >= 0.3 is 5.97 Å². The molecule has 27 heavy (non-hydrogen) atoms. The highest BCUT2D eigenvalue weighted by Crippen LogP contribution is 2.18. The van der Waals surface area contributed by atoms with Gasteiger partial charge in [0.05, 0.1) is 6.61 Å². The SMILES string of the molecule is C=CC(=O)OCCCCCCOC.Cc1nc(-c2ccc(C)c(F)c2)no1. The summed E-state index contributed by atoms with van der Waals surface area (Å²) in [6.07, 6.45) is 5.38. The van der Waals surface area contributed by atoms with Crippen molar-refractivity contribution >= 4 is 5.97 Å². The van der Waals surface area contributed by atoms with Crippen LogP contribution in [0.15, 0.2) is 35.4 Å². The normalized spacial score (nSPS) is 10.1. The second kappa shape index (κ2) is 12.8. The first kappa shape index (κ1) is 22.5. The quantitative estimate of drug-likeness (QED) is 0.365. The smallest absolute Gasteiger partial charge is 0.330 e. The lowest BCUT2D eigenvalue weighted by Crippen LogP contribution is -2.01. The molecule has 0 saturated carbocycles. The van der Waals surface area contributed by atoms with Gasteiger partial charge in [0.25, 0.3) is 0 Å². The van der Waals surface area contributed by atoms with Gasteiger partial charge in [-0.15, -0.1) is 0 Å². The summed E-state index contributed by atoms with van der Waals surface area (Å²) in [6.45, 7) is 8.02. The lowest BCUT2D eigenvalue weighted by atomic mass is 10.1. The van der Waals surface area contributed by atoms with Gasteiger partial charge in [-0.3, -0.25) is 0 Å². The molecular weight excluding hydrogens is 351 g/mol. The van der Waals surface area contributed by atoms with Gasteiger partial charge < -0.3 is 14.0 Å². The lowest BCUT2D eigenvalue weighted by Gasteiger charge is -2.01. The highest BCUT2D eigenvalue weighted by molar-refractivity contribution is 5.81. The van der Waals surface area contributed by atoms with Crippen molar-refractivity contribution in [2.75, 3.05) is 20.3 Å². The minimum Gasteiger partial charge on any atom is -0.463 e. The molecule has 0 fully saturated rings. The van der Waals surface area contributed by atoms with E-state index < -0.39 is 0 Å². The largest absolute Gasteiger partial charge is 0.463 e. The minimum absolute atomic E-state index is 0.259. The van der Waals surface area contributed by atoms with Crippen molar-refractivity contribution in [3.63, 3.8) is 0 Å². The van der Waals surface area contributed by atoms with Crippen molar-refractivity contribution in [3.8, 4) is 11.4 Å². The molecule has 0 N–H and O–H groups in total. The predicted molar refractivity (Wildman–Crippen MR) is 101 cm³/mol. The van der Waals surface area contributed by atoms with Crippen LogP contribution in [0.4, 0.5) is 4.39 Å². The van der Waals surface area contributed by atoms with Crippen LogP contribution in [0.5, 0.6) is 0 Å². The molecule has 2 aromatic rings. The summed E-state index contributed by atoms with van der Waals surface area (Å²) in [5.74, 6) is 0.296. The van der Waals surface area contributed by atoms with Gasteiger partial charge in [-0.2, -0.15) is 4.98 Å². The number of hydrogen-bond donors (Lipinski definition) is 0. The fraction of sp³-hybridized carbons (Fsp3) is 0.450. The Labute approximate surface area is 159 Å². The molecule has 1 heterocycles. The van der Waals surface area contributed by atoms with Crippen molar-refractivity contribution < 1.29 is 23.2 Å². The molecule has 7 heteroatoms. The van der Waals surface area contributed by atoms with Crippen LogP contribution in [-0.4, -0.2) is 36.4 Å². The zero-order valence-corrected chi connectivity index (χ0v) is 16.2. The average Bonchev–Trinajstić information content (AvgIpc) is 3.10. The van der Waals surface area contributed by atoms with E-state index >= 15 is 0 Å². The van der Waals surface area contributed by atoms with Gasteiger partial charge in [0.15, 0.2) is 0 Å². The number of nitrogens with zero attached hydrogens (tertiary/aromatic N) is 2. The third-order valence-electron chi connectivity index (χ3n) is 3.61. The fourth-order valence-electron chi connectivity index (χ4n) is 2.08. The van der Waals surface area contributed by atoms with Gasteiger partial charge in [0.2, 0.25) is 11.7 Å². The Kier molecular flexibility index (Phi) is 10.6. The molecule has 0 aliphatic carbocycles. The zero-order valence-electron chi connectivity index (χ0n) is 16.2. The molecule has 0 aliphatic rings. The molecule has 6 nitrogen and oxygen atoms in total. The first-order chi connectivity index (χ1) is 13.0. The number of aromatic nitrogens is 2. The van der Waals surface area contributed by atoms with E-state index in [4.69, 9.17) is 14.0 Å². The Bertz CT molecular complexity index is 716. The number of benzene rings is 1. The number of esters is 1. The van der Waals surface area contributed by atoms with Gasteiger partial charge in [-0.25, -0.2) is 9.18 Å². The number of ether oxygens (including phenoxy) is 2. The summed E-state index contributed by atoms with van der Waals surface area (Å²) in [7, 11) is 1.70. The van der Waals surface area contributed by atoms with Crippen molar-refractivity contribution in [3.05, 3.63) is 48.1 Å². The lowest BCUT2D eigenvalue weighted by molar-refractivity contribution is -0.137. The molecule has 148 valence electrons. The summed E-state index contributed by atoms with van der Waals surface area (Å²) in [4.78, 5) is 14.6. The maximum Gasteiger partial charge on any atom is 0.330 e. The van der Waals surface area contributed by atoms with Gasteiger partial charge in [-0.1, -0.05) is 30.3 Å². The van der Waals surface area contributed by atoms with Gasteiger partial charge in [0.1, 0.15) is 5.82 Å². The fourth-order valence-corrected chi connectivity index (χ4v) is 2.08. The molecule has 1 aromatic heterocycles. The van der Waals surface area contributed by atoms with Crippen LogP contribution in [0.2, 0.25) is 0 Å². The van der Waals surface area contributed by atoms with E-state index in [1.165, 1.54) is 12.1 Å². The van der Waals surface area contributed by atoms with Crippen LogP contribution >= 0.6 is 0 Å². The Morgan fingerprint density at radius 2 is 1.93 bits per heavy atom. The van der Waals surface area contributed by atoms with Crippen LogP contribution in [0.3, 0.4) is 0 Å².